The molecule has 1 aromatic rings. The van der Waals surface area contributed by atoms with Gasteiger partial charge in [0.05, 0.1) is 6.61 Å². The van der Waals surface area contributed by atoms with Crippen LogP contribution in [0.2, 0.25) is 0 Å². The van der Waals surface area contributed by atoms with E-state index in [1.165, 1.54) is 0 Å². The summed E-state index contributed by atoms with van der Waals surface area (Å²) in [6, 6.07) is 8.12. The Morgan fingerprint density at radius 3 is 3.11 bits per heavy atom. The van der Waals surface area contributed by atoms with E-state index in [1.54, 1.807) is 7.11 Å². The lowest BCUT2D eigenvalue weighted by molar-refractivity contribution is 0.0698. The highest BCUT2D eigenvalue weighted by Gasteiger charge is 2.23. The molecule has 4 nitrogen and oxygen atoms in total. The van der Waals surface area contributed by atoms with Crippen LogP contribution in [0.3, 0.4) is 0 Å². The van der Waals surface area contributed by atoms with Crippen molar-refractivity contribution in [2.75, 3.05) is 27.2 Å². The van der Waals surface area contributed by atoms with Crippen LogP contribution in [-0.4, -0.2) is 44.1 Å². The molecule has 4 heteroatoms. The summed E-state index contributed by atoms with van der Waals surface area (Å²) in [6.07, 6.45) is 2.21. The van der Waals surface area contributed by atoms with E-state index in [0.29, 0.717) is 12.6 Å². The number of amides is 1. The highest BCUT2D eigenvalue weighted by Crippen LogP contribution is 2.15. The summed E-state index contributed by atoms with van der Waals surface area (Å²) in [5.41, 5.74) is 1.79. The Kier molecular flexibility index (Phi) is 4.93. The molecule has 1 N–H and O–H groups in total. The minimum Gasteiger partial charge on any atom is -0.380 e. The summed E-state index contributed by atoms with van der Waals surface area (Å²) in [4.78, 5) is 14.4. The Labute approximate surface area is 114 Å². The molecule has 2 rings (SSSR count). The van der Waals surface area contributed by atoms with Gasteiger partial charge < -0.3 is 15.0 Å². The predicted octanol–water partition coefficient (Wildman–Crippen LogP) is 1.66. The smallest absolute Gasteiger partial charge is 0.253 e. The number of likely N-dealkylation sites (tertiary alicyclic amines) is 1. The quantitative estimate of drug-likeness (QED) is 0.897. The van der Waals surface area contributed by atoms with Crippen molar-refractivity contribution in [3.63, 3.8) is 0 Å². The molecule has 1 fully saturated rings. The number of methoxy groups -OCH3 is 1. The van der Waals surface area contributed by atoms with Crippen molar-refractivity contribution in [2.24, 2.45) is 0 Å². The molecule has 1 aromatic carbocycles. The first kappa shape index (κ1) is 14.0. The van der Waals surface area contributed by atoms with Crippen LogP contribution < -0.4 is 5.32 Å². The number of hydrogen-bond donors (Lipinski definition) is 1. The standard InChI is InChI=1S/C15H22N2O2/c1-16-14-7-4-8-17(10-14)15(18)13-6-3-5-12(9-13)11-19-2/h3,5-6,9,14,16H,4,7-8,10-11H2,1-2H3/t14-/m1/s1. The molecule has 0 saturated carbocycles. The van der Waals surface area contributed by atoms with Crippen molar-refractivity contribution in [3.8, 4) is 0 Å². The zero-order valence-corrected chi connectivity index (χ0v) is 11.7. The molecular weight excluding hydrogens is 240 g/mol. The molecule has 0 bridgehead atoms. The Bertz CT molecular complexity index is 434. The van der Waals surface area contributed by atoms with Crippen molar-refractivity contribution >= 4 is 5.91 Å². The van der Waals surface area contributed by atoms with Gasteiger partial charge in [-0.2, -0.15) is 0 Å². The molecule has 0 spiro atoms. The van der Waals surface area contributed by atoms with E-state index in [2.05, 4.69) is 5.32 Å². The van der Waals surface area contributed by atoms with Gasteiger partial charge in [-0.25, -0.2) is 0 Å². The summed E-state index contributed by atoms with van der Waals surface area (Å²) >= 11 is 0. The molecular formula is C15H22N2O2. The molecule has 1 saturated heterocycles. The normalized spacial score (nSPS) is 19.5. The number of benzene rings is 1. The lowest BCUT2D eigenvalue weighted by Crippen LogP contribution is -2.46. The van der Waals surface area contributed by atoms with Gasteiger partial charge in [0.1, 0.15) is 0 Å². The molecule has 0 aliphatic carbocycles. The second-order valence-electron chi connectivity index (χ2n) is 5.01. The van der Waals surface area contributed by atoms with Crippen molar-refractivity contribution < 1.29 is 9.53 Å². The minimum atomic E-state index is 0.123. The van der Waals surface area contributed by atoms with E-state index in [-0.39, 0.29) is 5.91 Å². The highest BCUT2D eigenvalue weighted by atomic mass is 16.5. The van der Waals surface area contributed by atoms with Crippen LogP contribution >= 0.6 is 0 Å². The van der Waals surface area contributed by atoms with E-state index >= 15 is 0 Å². The van der Waals surface area contributed by atoms with Gasteiger partial charge in [0, 0.05) is 31.8 Å². The first-order valence-corrected chi connectivity index (χ1v) is 6.79. The third-order valence-corrected chi connectivity index (χ3v) is 3.60. The maximum absolute atomic E-state index is 12.5. The lowest BCUT2D eigenvalue weighted by Gasteiger charge is -2.32. The van der Waals surface area contributed by atoms with Gasteiger partial charge in [0.15, 0.2) is 0 Å². The van der Waals surface area contributed by atoms with Gasteiger partial charge in [-0.1, -0.05) is 12.1 Å². The van der Waals surface area contributed by atoms with E-state index in [9.17, 15) is 4.79 Å². The topological polar surface area (TPSA) is 41.6 Å². The van der Waals surface area contributed by atoms with Crippen molar-refractivity contribution in [1.29, 1.82) is 0 Å². The second kappa shape index (κ2) is 6.68. The summed E-state index contributed by atoms with van der Waals surface area (Å²) in [5.74, 6) is 0.123. The maximum Gasteiger partial charge on any atom is 0.253 e. The van der Waals surface area contributed by atoms with Crippen LogP contribution in [0.1, 0.15) is 28.8 Å². The van der Waals surface area contributed by atoms with E-state index in [0.717, 1.165) is 37.1 Å². The van der Waals surface area contributed by atoms with Gasteiger partial charge >= 0.3 is 0 Å². The molecule has 1 aliphatic heterocycles. The minimum absolute atomic E-state index is 0.123. The van der Waals surface area contributed by atoms with Crippen LogP contribution in [0.5, 0.6) is 0 Å². The highest BCUT2D eigenvalue weighted by molar-refractivity contribution is 5.94. The zero-order chi connectivity index (χ0) is 13.7. The Balaban J connectivity index is 2.08. The number of carbonyl (C=O) groups is 1. The molecule has 0 unspecified atom stereocenters. The fourth-order valence-corrected chi connectivity index (χ4v) is 2.54. The second-order valence-corrected chi connectivity index (χ2v) is 5.01. The first-order chi connectivity index (χ1) is 9.24. The summed E-state index contributed by atoms with van der Waals surface area (Å²) in [7, 11) is 3.62. The van der Waals surface area contributed by atoms with E-state index in [1.807, 2.05) is 36.2 Å². The molecule has 0 aromatic heterocycles. The third-order valence-electron chi connectivity index (χ3n) is 3.60. The van der Waals surface area contributed by atoms with Gasteiger partial charge in [-0.3, -0.25) is 4.79 Å². The number of carbonyl (C=O) groups excluding carboxylic acids is 1. The first-order valence-electron chi connectivity index (χ1n) is 6.79. The fourth-order valence-electron chi connectivity index (χ4n) is 2.54. The summed E-state index contributed by atoms with van der Waals surface area (Å²) in [5, 5.41) is 3.26. The van der Waals surface area contributed by atoms with Crippen molar-refractivity contribution in [1.82, 2.24) is 10.2 Å². The van der Waals surface area contributed by atoms with Gasteiger partial charge in [0.25, 0.3) is 5.91 Å². The van der Waals surface area contributed by atoms with Gasteiger partial charge in [-0.15, -0.1) is 0 Å². The van der Waals surface area contributed by atoms with E-state index < -0.39 is 0 Å². The molecule has 0 radical (unpaired) electrons. The van der Waals surface area contributed by atoms with Crippen LogP contribution in [0, 0.1) is 0 Å². The predicted molar refractivity (Wildman–Crippen MR) is 75.1 cm³/mol. The molecule has 1 atom stereocenters. The molecule has 19 heavy (non-hydrogen) atoms. The maximum atomic E-state index is 12.5. The Hall–Kier alpha value is -1.39. The molecule has 104 valence electrons. The van der Waals surface area contributed by atoms with Crippen molar-refractivity contribution in [3.05, 3.63) is 35.4 Å². The van der Waals surface area contributed by atoms with Crippen molar-refractivity contribution in [2.45, 2.75) is 25.5 Å². The van der Waals surface area contributed by atoms with Crippen LogP contribution in [0.25, 0.3) is 0 Å². The summed E-state index contributed by atoms with van der Waals surface area (Å²) < 4.78 is 5.11. The average molecular weight is 262 g/mol. The number of piperidine rings is 1. The molecule has 1 aliphatic rings. The van der Waals surface area contributed by atoms with Crippen LogP contribution in [0.15, 0.2) is 24.3 Å². The Morgan fingerprint density at radius 2 is 2.37 bits per heavy atom. The van der Waals surface area contributed by atoms with Crippen LogP contribution in [-0.2, 0) is 11.3 Å². The third kappa shape index (κ3) is 3.55. The van der Waals surface area contributed by atoms with Crippen LogP contribution in [0.4, 0.5) is 0 Å². The average Bonchev–Trinajstić information content (AvgIpc) is 2.47. The molecule has 1 amide bonds. The number of nitrogens with zero attached hydrogens (tertiary/aromatic N) is 1. The fraction of sp³-hybridized carbons (Fsp3) is 0.533. The van der Waals surface area contributed by atoms with Gasteiger partial charge in [-0.05, 0) is 37.6 Å². The lowest BCUT2D eigenvalue weighted by atomic mass is 10.0. The summed E-state index contributed by atoms with van der Waals surface area (Å²) in [6.45, 7) is 2.19. The number of nitrogens with one attached hydrogen (secondary N) is 1. The Morgan fingerprint density at radius 1 is 1.53 bits per heavy atom. The number of rotatable bonds is 4. The monoisotopic (exact) mass is 262 g/mol. The largest absolute Gasteiger partial charge is 0.380 e. The SMILES string of the molecule is CN[C@@H]1CCCN(C(=O)c2cccc(COC)c2)C1. The number of likely N-dealkylation sites (N-methyl/N-ethyl adjacent to an activating group) is 1. The molecule has 1 heterocycles. The zero-order valence-electron chi connectivity index (χ0n) is 11.7. The number of ether oxygens (including phenoxy) is 1. The number of hydrogen-bond acceptors (Lipinski definition) is 3. The van der Waals surface area contributed by atoms with Gasteiger partial charge in [0.2, 0.25) is 0 Å². The van der Waals surface area contributed by atoms with E-state index in [4.69, 9.17) is 4.74 Å².